The fourth-order valence-electron chi connectivity index (χ4n) is 5.61. The van der Waals surface area contributed by atoms with Gasteiger partial charge in [0.1, 0.15) is 12.4 Å². The van der Waals surface area contributed by atoms with E-state index in [1.807, 2.05) is 97.1 Å². The van der Waals surface area contributed by atoms with Crippen LogP contribution in [-0.4, -0.2) is 17.1 Å². The average molecular weight is 719 g/mol. The zero-order valence-electron chi connectivity index (χ0n) is 26.6. The number of esters is 1. The number of nitriles is 1. The molecule has 0 radical (unpaired) electrons. The number of aromatic nitrogens is 1. The van der Waals surface area contributed by atoms with Crippen molar-refractivity contribution >= 4 is 45.0 Å². The van der Waals surface area contributed by atoms with Crippen molar-refractivity contribution in [3.05, 3.63) is 160 Å². The third kappa shape index (κ3) is 6.68. The highest BCUT2D eigenvalue weighted by molar-refractivity contribution is 9.10. The Bertz CT molecular complexity index is 2250. The number of thiazole rings is 1. The van der Waals surface area contributed by atoms with E-state index in [-0.39, 0.29) is 18.8 Å². The van der Waals surface area contributed by atoms with Crippen LogP contribution in [0.5, 0.6) is 5.75 Å². The van der Waals surface area contributed by atoms with Gasteiger partial charge in [0.05, 0.1) is 44.6 Å². The first kappa shape index (κ1) is 32.9. The minimum atomic E-state index is -0.738. The van der Waals surface area contributed by atoms with E-state index < -0.39 is 12.0 Å². The SMILES string of the molecule is CCOC(=O)C1=C(c2ccccc2)N=c2s/c(=C\c3ccc(OCc4ccccc4C#N)c(Br)c3)c(=O)n2[C@H]1c1ccc(C(C)C)cc1. The lowest BCUT2D eigenvalue weighted by Crippen LogP contribution is -2.40. The Kier molecular flexibility index (Phi) is 9.85. The first-order chi connectivity index (χ1) is 23.3. The van der Waals surface area contributed by atoms with Gasteiger partial charge >= 0.3 is 5.97 Å². The van der Waals surface area contributed by atoms with Crippen LogP contribution in [0.25, 0.3) is 11.8 Å². The number of carbonyl (C=O) groups is 1. The van der Waals surface area contributed by atoms with Gasteiger partial charge in [-0.05, 0) is 69.7 Å². The Labute approximate surface area is 290 Å². The molecule has 1 atom stereocenters. The van der Waals surface area contributed by atoms with Gasteiger partial charge in [-0.25, -0.2) is 9.79 Å². The number of hydrogen-bond donors (Lipinski definition) is 0. The highest BCUT2D eigenvalue weighted by atomic mass is 79.9. The standard InChI is InChI=1S/C39H32BrN3O4S/c1-4-46-38(45)34-35(27-10-6-5-7-11-27)42-39-43(36(34)28-17-15-26(16-18-28)24(2)3)37(44)33(48-39)21-25-14-19-32(31(40)20-25)47-23-30-13-9-8-12-29(30)22-41/h5-21,24,36H,4,23H2,1-3H3/b33-21-/t36-/m0/s1. The highest BCUT2D eigenvalue weighted by Gasteiger charge is 2.35. The Morgan fingerprint density at radius 1 is 1.04 bits per heavy atom. The van der Waals surface area contributed by atoms with E-state index in [4.69, 9.17) is 14.5 Å². The predicted molar refractivity (Wildman–Crippen MR) is 191 cm³/mol. The predicted octanol–water partition coefficient (Wildman–Crippen LogP) is 7.27. The number of carbonyl (C=O) groups excluding carboxylic acids is 1. The quantitative estimate of drug-likeness (QED) is 0.150. The summed E-state index contributed by atoms with van der Waals surface area (Å²) in [6.45, 7) is 6.45. The van der Waals surface area contributed by atoms with E-state index in [2.05, 4.69) is 35.8 Å². The van der Waals surface area contributed by atoms with E-state index in [9.17, 15) is 14.9 Å². The van der Waals surface area contributed by atoms with Gasteiger partial charge in [-0.1, -0.05) is 104 Å². The Balaban J connectivity index is 1.45. The second kappa shape index (κ2) is 14.4. The van der Waals surface area contributed by atoms with Crippen LogP contribution in [0.1, 0.15) is 66.1 Å². The van der Waals surface area contributed by atoms with Gasteiger partial charge in [-0.3, -0.25) is 9.36 Å². The number of fused-ring (bicyclic) bond motifs is 1. The normalized spacial score (nSPS) is 14.3. The second-order valence-corrected chi connectivity index (χ2v) is 13.4. The summed E-state index contributed by atoms with van der Waals surface area (Å²) in [5.41, 5.74) is 5.41. The van der Waals surface area contributed by atoms with Crippen molar-refractivity contribution in [3.8, 4) is 11.8 Å². The summed E-state index contributed by atoms with van der Waals surface area (Å²) in [7, 11) is 0. The largest absolute Gasteiger partial charge is 0.488 e. The lowest BCUT2D eigenvalue weighted by molar-refractivity contribution is -0.138. The molecule has 0 spiro atoms. The molecule has 7 nitrogen and oxygen atoms in total. The zero-order valence-corrected chi connectivity index (χ0v) is 29.0. The van der Waals surface area contributed by atoms with E-state index in [0.29, 0.717) is 42.3 Å². The van der Waals surface area contributed by atoms with Crippen molar-refractivity contribution in [2.75, 3.05) is 6.61 Å². The lowest BCUT2D eigenvalue weighted by Gasteiger charge is -2.26. The van der Waals surface area contributed by atoms with E-state index in [1.165, 1.54) is 11.3 Å². The van der Waals surface area contributed by atoms with Gasteiger partial charge in [0.2, 0.25) is 0 Å². The van der Waals surface area contributed by atoms with E-state index >= 15 is 0 Å². The number of halogens is 1. The summed E-state index contributed by atoms with van der Waals surface area (Å²) in [4.78, 5) is 33.4. The molecule has 0 fully saturated rings. The van der Waals surface area contributed by atoms with Crippen molar-refractivity contribution < 1.29 is 14.3 Å². The second-order valence-electron chi connectivity index (χ2n) is 11.5. The summed E-state index contributed by atoms with van der Waals surface area (Å²) in [6.07, 6.45) is 1.82. The van der Waals surface area contributed by atoms with Crippen LogP contribution in [0.15, 0.2) is 117 Å². The molecule has 0 unspecified atom stereocenters. The van der Waals surface area contributed by atoms with Crippen molar-refractivity contribution in [2.24, 2.45) is 4.99 Å². The molecule has 0 saturated carbocycles. The molecule has 0 amide bonds. The molecule has 0 bridgehead atoms. The van der Waals surface area contributed by atoms with Crippen LogP contribution in [0.4, 0.5) is 0 Å². The third-order valence-corrected chi connectivity index (χ3v) is 9.67. The van der Waals surface area contributed by atoms with Crippen molar-refractivity contribution in [3.63, 3.8) is 0 Å². The third-order valence-electron chi connectivity index (χ3n) is 8.07. The molecule has 0 aliphatic carbocycles. The number of benzene rings is 4. The molecule has 5 aromatic rings. The first-order valence-corrected chi connectivity index (χ1v) is 17.2. The lowest BCUT2D eigenvalue weighted by atomic mass is 9.91. The number of rotatable bonds is 9. The zero-order chi connectivity index (χ0) is 33.8. The molecule has 0 N–H and O–H groups in total. The fraction of sp³-hybridized carbons (Fsp3) is 0.179. The summed E-state index contributed by atoms with van der Waals surface area (Å²) in [5, 5.41) is 9.40. The van der Waals surface area contributed by atoms with Gasteiger partial charge in [-0.15, -0.1) is 0 Å². The van der Waals surface area contributed by atoms with Crippen LogP contribution in [0.2, 0.25) is 0 Å². The fourth-order valence-corrected chi connectivity index (χ4v) is 7.12. The molecule has 0 saturated heterocycles. The van der Waals surface area contributed by atoms with Crippen LogP contribution in [0, 0.1) is 11.3 Å². The van der Waals surface area contributed by atoms with Crippen LogP contribution in [-0.2, 0) is 16.1 Å². The van der Waals surface area contributed by atoms with Gasteiger partial charge < -0.3 is 9.47 Å². The molecule has 6 rings (SSSR count). The molecule has 1 aromatic heterocycles. The molecule has 48 heavy (non-hydrogen) atoms. The molecule has 4 aromatic carbocycles. The summed E-state index contributed by atoms with van der Waals surface area (Å²) in [6, 6.07) is 31.9. The molecular formula is C39H32BrN3O4S. The molecule has 1 aliphatic heterocycles. The van der Waals surface area contributed by atoms with Crippen LogP contribution in [0.3, 0.4) is 0 Å². The maximum Gasteiger partial charge on any atom is 0.338 e. The number of ether oxygens (including phenoxy) is 2. The van der Waals surface area contributed by atoms with Crippen LogP contribution >= 0.6 is 27.3 Å². The smallest absolute Gasteiger partial charge is 0.338 e. The highest BCUT2D eigenvalue weighted by Crippen LogP contribution is 2.36. The van der Waals surface area contributed by atoms with E-state index in [0.717, 1.165) is 27.8 Å². The summed E-state index contributed by atoms with van der Waals surface area (Å²) >= 11 is 4.88. The summed E-state index contributed by atoms with van der Waals surface area (Å²) < 4.78 is 14.4. The molecule has 9 heteroatoms. The topological polar surface area (TPSA) is 93.7 Å². The van der Waals surface area contributed by atoms with Gasteiger partial charge in [-0.2, -0.15) is 5.26 Å². The van der Waals surface area contributed by atoms with Crippen LogP contribution < -0.4 is 19.6 Å². The molecule has 2 heterocycles. The molecule has 240 valence electrons. The van der Waals surface area contributed by atoms with Gasteiger partial charge in [0.15, 0.2) is 4.80 Å². The van der Waals surface area contributed by atoms with E-state index in [1.54, 1.807) is 17.6 Å². The summed E-state index contributed by atoms with van der Waals surface area (Å²) in [5.74, 6) is 0.424. The maximum atomic E-state index is 14.3. The average Bonchev–Trinajstić information content (AvgIpc) is 3.41. The molecular weight excluding hydrogens is 686 g/mol. The van der Waals surface area contributed by atoms with Gasteiger partial charge in [0, 0.05) is 11.1 Å². The van der Waals surface area contributed by atoms with Gasteiger partial charge in [0.25, 0.3) is 5.56 Å². The first-order valence-electron chi connectivity index (χ1n) is 15.6. The Hall–Kier alpha value is -5.04. The monoisotopic (exact) mass is 717 g/mol. The van der Waals surface area contributed by atoms with Crippen molar-refractivity contribution in [1.82, 2.24) is 4.57 Å². The number of hydrogen-bond acceptors (Lipinski definition) is 7. The minimum absolute atomic E-state index is 0.188. The Morgan fingerprint density at radius 3 is 2.46 bits per heavy atom. The minimum Gasteiger partial charge on any atom is -0.488 e. The maximum absolute atomic E-state index is 14.3. The van der Waals surface area contributed by atoms with Crippen molar-refractivity contribution in [2.45, 2.75) is 39.3 Å². The van der Waals surface area contributed by atoms with Crippen molar-refractivity contribution in [1.29, 1.82) is 5.26 Å². The molecule has 1 aliphatic rings. The Morgan fingerprint density at radius 2 is 1.77 bits per heavy atom. The number of nitrogens with zero attached hydrogens (tertiary/aromatic N) is 3.